The topological polar surface area (TPSA) is 105 Å². The number of Topliss-reactive ketones (excluding diaryl/α,β-unsaturated/α-hetero) is 1. The molecule has 4 rings (SSSR count). The molecule has 1 saturated heterocycles. The lowest BCUT2D eigenvalue weighted by atomic mass is 10.1. The van der Waals surface area contributed by atoms with Crippen LogP contribution >= 0.6 is 0 Å². The van der Waals surface area contributed by atoms with E-state index in [0.717, 1.165) is 26.1 Å². The highest BCUT2D eigenvalue weighted by molar-refractivity contribution is 5.96. The second-order valence-electron chi connectivity index (χ2n) is 6.87. The lowest BCUT2D eigenvalue weighted by Gasteiger charge is -2.22. The van der Waals surface area contributed by atoms with Crippen LogP contribution in [0.2, 0.25) is 0 Å². The predicted molar refractivity (Wildman–Crippen MR) is 106 cm³/mol. The molecule has 9 nitrogen and oxygen atoms in total. The molecular formula is C19H22N6O3. The van der Waals surface area contributed by atoms with E-state index in [-0.39, 0.29) is 23.5 Å². The van der Waals surface area contributed by atoms with Crippen LogP contribution in [0.3, 0.4) is 0 Å². The molecule has 1 aliphatic rings. The number of rotatable bonds is 4. The molecule has 1 aliphatic heterocycles. The summed E-state index contributed by atoms with van der Waals surface area (Å²) in [6.45, 7) is 3.11. The Kier molecular flexibility index (Phi) is 4.82. The fourth-order valence-electron chi connectivity index (χ4n) is 3.52. The fraction of sp³-hybridized carbons (Fsp3) is 0.368. The molecule has 3 heterocycles. The van der Waals surface area contributed by atoms with E-state index >= 15 is 0 Å². The number of aromatic amines is 1. The largest absolute Gasteiger partial charge is 0.341 e. The first-order chi connectivity index (χ1) is 13.6. The maximum Gasteiger partial charge on any atom is 0.329 e. The number of aryl methyl sites for hydroxylation is 1. The van der Waals surface area contributed by atoms with Crippen molar-refractivity contribution in [1.82, 2.24) is 24.4 Å². The third-order valence-corrected chi connectivity index (χ3v) is 5.01. The first-order valence-corrected chi connectivity index (χ1v) is 9.29. The number of aromatic nitrogens is 4. The average molecular weight is 382 g/mol. The van der Waals surface area contributed by atoms with Crippen molar-refractivity contribution >= 4 is 22.9 Å². The van der Waals surface area contributed by atoms with E-state index in [0.29, 0.717) is 18.1 Å². The minimum atomic E-state index is -0.536. The Labute approximate surface area is 160 Å². The highest BCUT2D eigenvalue weighted by Crippen LogP contribution is 2.21. The standard InChI is InChI=1S/C19H22N6O3/c1-23-16-15(17(27)22-19(23)28)25(12-14(26)13-6-3-2-4-7-13)18(21-16)24-10-5-8-20-9-11-24/h2-4,6-7,20H,5,8-12H2,1H3,(H,22,27,28). The third kappa shape index (κ3) is 3.24. The van der Waals surface area contributed by atoms with E-state index in [1.54, 1.807) is 35.9 Å². The Morgan fingerprint density at radius 2 is 1.93 bits per heavy atom. The molecule has 9 heteroatoms. The number of carbonyl (C=O) groups excluding carboxylic acids is 1. The van der Waals surface area contributed by atoms with E-state index in [1.807, 2.05) is 6.07 Å². The second-order valence-corrected chi connectivity index (χ2v) is 6.87. The Balaban J connectivity index is 1.87. The van der Waals surface area contributed by atoms with Crippen LogP contribution in [-0.2, 0) is 13.6 Å². The summed E-state index contributed by atoms with van der Waals surface area (Å²) in [7, 11) is 1.56. The summed E-state index contributed by atoms with van der Waals surface area (Å²) in [5.41, 5.74) is 0.0146. The minimum absolute atomic E-state index is 0.0267. The van der Waals surface area contributed by atoms with Crippen molar-refractivity contribution in [2.75, 3.05) is 31.1 Å². The third-order valence-electron chi connectivity index (χ3n) is 5.01. The van der Waals surface area contributed by atoms with Gasteiger partial charge in [-0.15, -0.1) is 0 Å². The molecule has 0 spiro atoms. The van der Waals surface area contributed by atoms with E-state index in [9.17, 15) is 14.4 Å². The number of ketones is 1. The van der Waals surface area contributed by atoms with E-state index < -0.39 is 11.2 Å². The van der Waals surface area contributed by atoms with Gasteiger partial charge in [0.25, 0.3) is 5.56 Å². The molecule has 0 radical (unpaired) electrons. The van der Waals surface area contributed by atoms with Gasteiger partial charge in [0.05, 0.1) is 6.54 Å². The van der Waals surface area contributed by atoms with Gasteiger partial charge in [-0.25, -0.2) is 4.79 Å². The van der Waals surface area contributed by atoms with E-state index in [1.165, 1.54) is 4.57 Å². The van der Waals surface area contributed by atoms with Crippen molar-refractivity contribution in [3.05, 3.63) is 56.7 Å². The zero-order chi connectivity index (χ0) is 19.7. The minimum Gasteiger partial charge on any atom is -0.341 e. The Morgan fingerprint density at radius 1 is 1.14 bits per heavy atom. The van der Waals surface area contributed by atoms with Crippen molar-refractivity contribution in [2.45, 2.75) is 13.0 Å². The van der Waals surface area contributed by atoms with Crippen molar-refractivity contribution in [3.8, 4) is 0 Å². The number of benzene rings is 1. The molecule has 28 heavy (non-hydrogen) atoms. The lowest BCUT2D eigenvalue weighted by Crippen LogP contribution is -2.32. The number of nitrogens with one attached hydrogen (secondary N) is 2. The molecule has 0 saturated carbocycles. The summed E-state index contributed by atoms with van der Waals surface area (Å²) >= 11 is 0. The number of hydrogen-bond donors (Lipinski definition) is 2. The van der Waals surface area contributed by atoms with Gasteiger partial charge in [-0.3, -0.25) is 23.7 Å². The van der Waals surface area contributed by atoms with Crippen molar-refractivity contribution in [1.29, 1.82) is 0 Å². The highest BCUT2D eigenvalue weighted by Gasteiger charge is 2.24. The maximum absolute atomic E-state index is 12.9. The Morgan fingerprint density at radius 3 is 2.71 bits per heavy atom. The van der Waals surface area contributed by atoms with Crippen LogP contribution in [0.4, 0.5) is 5.95 Å². The number of fused-ring (bicyclic) bond motifs is 1. The molecular weight excluding hydrogens is 360 g/mol. The van der Waals surface area contributed by atoms with Gasteiger partial charge in [-0.1, -0.05) is 30.3 Å². The number of nitrogens with zero attached hydrogens (tertiary/aromatic N) is 4. The van der Waals surface area contributed by atoms with Crippen LogP contribution in [0.15, 0.2) is 39.9 Å². The molecule has 1 fully saturated rings. The van der Waals surface area contributed by atoms with Crippen LogP contribution < -0.4 is 21.5 Å². The average Bonchev–Trinajstić information content (AvgIpc) is 2.88. The van der Waals surface area contributed by atoms with Crippen molar-refractivity contribution in [2.24, 2.45) is 7.05 Å². The fourth-order valence-corrected chi connectivity index (χ4v) is 3.52. The molecule has 0 aliphatic carbocycles. The highest BCUT2D eigenvalue weighted by atomic mass is 16.2. The van der Waals surface area contributed by atoms with Crippen LogP contribution in [0.1, 0.15) is 16.8 Å². The second kappa shape index (κ2) is 7.43. The Hall–Kier alpha value is -3.20. The summed E-state index contributed by atoms with van der Waals surface area (Å²) < 4.78 is 2.94. The Bertz CT molecular complexity index is 1120. The smallest absolute Gasteiger partial charge is 0.329 e. The summed E-state index contributed by atoms with van der Waals surface area (Å²) in [6.07, 6.45) is 0.922. The number of anilines is 1. The molecule has 1 aromatic carbocycles. The summed E-state index contributed by atoms with van der Waals surface area (Å²) in [4.78, 5) is 46.4. The van der Waals surface area contributed by atoms with Gasteiger partial charge in [0.15, 0.2) is 16.9 Å². The normalized spacial score (nSPS) is 15.0. The molecule has 2 aromatic heterocycles. The van der Waals surface area contributed by atoms with Gasteiger partial charge in [0, 0.05) is 32.2 Å². The van der Waals surface area contributed by atoms with Gasteiger partial charge >= 0.3 is 5.69 Å². The quantitative estimate of drug-likeness (QED) is 0.621. The van der Waals surface area contributed by atoms with E-state index in [2.05, 4.69) is 20.2 Å². The van der Waals surface area contributed by atoms with E-state index in [4.69, 9.17) is 0 Å². The van der Waals surface area contributed by atoms with Crippen molar-refractivity contribution in [3.63, 3.8) is 0 Å². The van der Waals surface area contributed by atoms with Gasteiger partial charge in [0.1, 0.15) is 0 Å². The zero-order valence-electron chi connectivity index (χ0n) is 15.6. The first kappa shape index (κ1) is 18.2. The predicted octanol–water partition coefficient (Wildman–Crippen LogP) is 0.106. The number of carbonyl (C=O) groups is 1. The monoisotopic (exact) mass is 382 g/mol. The molecule has 0 bridgehead atoms. The number of imidazole rings is 1. The zero-order valence-corrected chi connectivity index (χ0v) is 15.6. The van der Waals surface area contributed by atoms with Crippen molar-refractivity contribution < 1.29 is 4.79 Å². The summed E-state index contributed by atoms with van der Waals surface area (Å²) in [6, 6.07) is 8.95. The van der Waals surface area contributed by atoms with Crippen LogP contribution in [0.5, 0.6) is 0 Å². The summed E-state index contributed by atoms with van der Waals surface area (Å²) in [5, 5.41) is 3.33. The molecule has 2 N–H and O–H groups in total. The molecule has 3 aromatic rings. The van der Waals surface area contributed by atoms with Crippen LogP contribution in [0.25, 0.3) is 11.2 Å². The van der Waals surface area contributed by atoms with Gasteiger partial charge in [-0.05, 0) is 13.0 Å². The van der Waals surface area contributed by atoms with Gasteiger partial charge < -0.3 is 10.2 Å². The molecule has 0 atom stereocenters. The SMILES string of the molecule is Cn1c(=O)[nH]c(=O)c2c1nc(N1CCCNCC1)n2CC(=O)c1ccccc1. The maximum atomic E-state index is 12.9. The number of hydrogen-bond acceptors (Lipinski definition) is 6. The molecule has 0 unspecified atom stereocenters. The molecule has 146 valence electrons. The van der Waals surface area contributed by atoms with Crippen LogP contribution in [0, 0.1) is 0 Å². The lowest BCUT2D eigenvalue weighted by molar-refractivity contribution is 0.0973. The van der Waals surface area contributed by atoms with Crippen LogP contribution in [-0.4, -0.2) is 51.1 Å². The summed E-state index contributed by atoms with van der Waals surface area (Å²) in [5.74, 6) is 0.414. The number of H-pyrrole nitrogens is 1. The van der Waals surface area contributed by atoms with Gasteiger partial charge in [-0.2, -0.15) is 4.98 Å². The van der Waals surface area contributed by atoms with Gasteiger partial charge in [0.2, 0.25) is 5.95 Å². The first-order valence-electron chi connectivity index (χ1n) is 9.29. The molecule has 0 amide bonds.